The Bertz CT molecular complexity index is 423. The van der Waals surface area contributed by atoms with Crippen molar-refractivity contribution < 1.29 is 14.3 Å². The molecule has 1 aromatic carbocycles. The number of rotatable bonds is 6. The highest BCUT2D eigenvalue weighted by Crippen LogP contribution is 2.16. The Hall–Kier alpha value is -1.81. The van der Waals surface area contributed by atoms with Crippen LogP contribution in [0.1, 0.15) is 32.4 Å². The lowest BCUT2D eigenvalue weighted by molar-refractivity contribution is 0.0411. The van der Waals surface area contributed by atoms with Crippen molar-refractivity contribution in [1.29, 1.82) is 0 Å². The predicted octanol–water partition coefficient (Wildman–Crippen LogP) is 3.46. The molecule has 110 valence electrons. The molecule has 0 aliphatic carbocycles. The van der Waals surface area contributed by atoms with E-state index in [4.69, 9.17) is 9.47 Å². The molecule has 0 radical (unpaired) electrons. The maximum Gasteiger partial charge on any atom is 0.407 e. The third-order valence-corrected chi connectivity index (χ3v) is 2.42. The minimum Gasteiger partial charge on any atom is -0.444 e. The van der Waals surface area contributed by atoms with Crippen LogP contribution in [0.25, 0.3) is 0 Å². The first-order chi connectivity index (χ1) is 9.42. The van der Waals surface area contributed by atoms with Crippen molar-refractivity contribution in [2.45, 2.75) is 32.5 Å². The molecule has 0 saturated carbocycles. The summed E-state index contributed by atoms with van der Waals surface area (Å²) in [5, 5.41) is 2.73. The number of hydrogen-bond acceptors (Lipinski definition) is 3. The van der Waals surface area contributed by atoms with Gasteiger partial charge in [-0.3, -0.25) is 0 Å². The van der Waals surface area contributed by atoms with Gasteiger partial charge in [0.2, 0.25) is 0 Å². The molecular formula is C16H23NO3. The highest BCUT2D eigenvalue weighted by molar-refractivity contribution is 5.67. The number of benzene rings is 1. The molecule has 0 unspecified atom stereocenters. The molecule has 0 bridgehead atoms. The van der Waals surface area contributed by atoms with Gasteiger partial charge in [-0.15, -0.1) is 6.58 Å². The zero-order valence-electron chi connectivity index (χ0n) is 12.4. The fourth-order valence-electron chi connectivity index (χ4n) is 1.62. The van der Waals surface area contributed by atoms with Crippen LogP contribution in [0.2, 0.25) is 0 Å². The first-order valence-corrected chi connectivity index (χ1v) is 6.66. The normalized spacial score (nSPS) is 12.6. The summed E-state index contributed by atoms with van der Waals surface area (Å²) in [5.41, 5.74) is 0.499. The van der Waals surface area contributed by atoms with Gasteiger partial charge in [0.1, 0.15) is 11.7 Å². The monoisotopic (exact) mass is 277 g/mol. The number of hydrogen-bond donors (Lipinski definition) is 1. The predicted molar refractivity (Wildman–Crippen MR) is 79.6 cm³/mol. The van der Waals surface area contributed by atoms with Crippen molar-refractivity contribution in [2.24, 2.45) is 0 Å². The quantitative estimate of drug-likeness (QED) is 0.810. The van der Waals surface area contributed by atoms with E-state index in [1.54, 1.807) is 6.08 Å². The van der Waals surface area contributed by atoms with Gasteiger partial charge >= 0.3 is 6.09 Å². The van der Waals surface area contributed by atoms with E-state index in [9.17, 15) is 4.79 Å². The van der Waals surface area contributed by atoms with Gasteiger partial charge in [0.15, 0.2) is 0 Å². The smallest absolute Gasteiger partial charge is 0.407 e. The van der Waals surface area contributed by atoms with Crippen LogP contribution in [0.4, 0.5) is 4.79 Å². The van der Waals surface area contributed by atoms with Gasteiger partial charge in [-0.1, -0.05) is 36.4 Å². The Morgan fingerprint density at radius 1 is 1.35 bits per heavy atom. The first-order valence-electron chi connectivity index (χ1n) is 6.66. The third-order valence-electron chi connectivity index (χ3n) is 2.42. The van der Waals surface area contributed by atoms with Crippen LogP contribution < -0.4 is 5.32 Å². The molecule has 4 nitrogen and oxygen atoms in total. The minimum absolute atomic E-state index is 0.221. The maximum absolute atomic E-state index is 11.7. The van der Waals surface area contributed by atoms with Gasteiger partial charge in [-0.05, 0) is 26.3 Å². The van der Waals surface area contributed by atoms with Gasteiger partial charge in [-0.25, -0.2) is 4.79 Å². The Morgan fingerprint density at radius 3 is 2.55 bits per heavy atom. The summed E-state index contributed by atoms with van der Waals surface area (Å²) < 4.78 is 10.9. The van der Waals surface area contributed by atoms with Gasteiger partial charge in [0, 0.05) is 0 Å². The van der Waals surface area contributed by atoms with E-state index in [1.807, 2.05) is 51.1 Å². The lowest BCUT2D eigenvalue weighted by Crippen LogP contribution is -2.35. The Balaban J connectivity index is 2.58. The molecule has 1 rings (SSSR count). The summed E-state index contributed by atoms with van der Waals surface area (Å²) in [7, 11) is 0. The molecule has 0 aliphatic heterocycles. The number of amides is 1. The molecule has 1 aromatic rings. The van der Waals surface area contributed by atoms with Crippen LogP contribution in [0.3, 0.4) is 0 Å². The molecule has 0 aliphatic rings. The number of nitrogens with one attached hydrogen (secondary N) is 1. The van der Waals surface area contributed by atoms with E-state index in [2.05, 4.69) is 11.9 Å². The average Bonchev–Trinajstić information content (AvgIpc) is 2.38. The van der Waals surface area contributed by atoms with Crippen molar-refractivity contribution in [1.82, 2.24) is 5.32 Å². The van der Waals surface area contributed by atoms with Crippen LogP contribution in [-0.4, -0.2) is 24.8 Å². The van der Waals surface area contributed by atoms with Crippen LogP contribution in [0.15, 0.2) is 43.0 Å². The zero-order chi connectivity index (χ0) is 15.0. The minimum atomic E-state index is -0.506. The SMILES string of the molecule is C=CCO[C@@H](CNC(=O)OC(C)(C)C)c1ccccc1. The first kappa shape index (κ1) is 16.2. The largest absolute Gasteiger partial charge is 0.444 e. The molecular weight excluding hydrogens is 254 g/mol. The second-order valence-electron chi connectivity index (χ2n) is 5.40. The zero-order valence-corrected chi connectivity index (χ0v) is 12.4. The Morgan fingerprint density at radius 2 is 2.00 bits per heavy atom. The van der Waals surface area contributed by atoms with E-state index in [0.717, 1.165) is 5.56 Å². The van der Waals surface area contributed by atoms with Crippen molar-refractivity contribution in [2.75, 3.05) is 13.2 Å². The van der Waals surface area contributed by atoms with E-state index in [1.165, 1.54) is 0 Å². The second-order valence-corrected chi connectivity index (χ2v) is 5.40. The van der Waals surface area contributed by atoms with Crippen LogP contribution in [0, 0.1) is 0 Å². The summed E-state index contributed by atoms with van der Waals surface area (Å²) in [4.78, 5) is 11.7. The van der Waals surface area contributed by atoms with Gasteiger partial charge in [-0.2, -0.15) is 0 Å². The number of alkyl carbamates (subject to hydrolysis) is 1. The Labute approximate surface area is 120 Å². The number of carbonyl (C=O) groups is 1. The number of carbonyl (C=O) groups excluding carboxylic acids is 1. The van der Waals surface area contributed by atoms with Crippen molar-refractivity contribution in [3.63, 3.8) is 0 Å². The molecule has 0 saturated heterocycles. The standard InChI is InChI=1S/C16H23NO3/c1-5-11-19-14(13-9-7-6-8-10-13)12-17-15(18)20-16(2,3)4/h5-10,14H,1,11-12H2,2-4H3,(H,17,18)/t14-/m0/s1. The summed E-state index contributed by atoms with van der Waals surface area (Å²) in [6.45, 7) is 9.90. The maximum atomic E-state index is 11.7. The topological polar surface area (TPSA) is 47.6 Å². The fraction of sp³-hybridized carbons (Fsp3) is 0.438. The van der Waals surface area contributed by atoms with E-state index in [-0.39, 0.29) is 6.10 Å². The van der Waals surface area contributed by atoms with Crippen LogP contribution in [0.5, 0.6) is 0 Å². The molecule has 1 atom stereocenters. The van der Waals surface area contributed by atoms with Crippen LogP contribution in [-0.2, 0) is 9.47 Å². The van der Waals surface area contributed by atoms with Crippen molar-refractivity contribution in [3.8, 4) is 0 Å². The summed E-state index contributed by atoms with van der Waals surface area (Å²) in [5.74, 6) is 0. The van der Waals surface area contributed by atoms with Gasteiger partial charge < -0.3 is 14.8 Å². The highest BCUT2D eigenvalue weighted by Gasteiger charge is 2.18. The molecule has 0 heterocycles. The molecule has 4 heteroatoms. The van der Waals surface area contributed by atoms with Crippen molar-refractivity contribution in [3.05, 3.63) is 48.6 Å². The summed E-state index contributed by atoms with van der Waals surface area (Å²) in [6.07, 6.45) is 1.02. The molecule has 0 fully saturated rings. The summed E-state index contributed by atoms with van der Waals surface area (Å²) in [6, 6.07) is 9.74. The second kappa shape index (κ2) is 7.70. The highest BCUT2D eigenvalue weighted by atomic mass is 16.6. The summed E-state index contributed by atoms with van der Waals surface area (Å²) >= 11 is 0. The average molecular weight is 277 g/mol. The van der Waals surface area contributed by atoms with E-state index < -0.39 is 11.7 Å². The van der Waals surface area contributed by atoms with Crippen LogP contribution >= 0.6 is 0 Å². The van der Waals surface area contributed by atoms with Gasteiger partial charge in [0.25, 0.3) is 0 Å². The molecule has 1 amide bonds. The lowest BCUT2D eigenvalue weighted by atomic mass is 10.1. The molecule has 0 aromatic heterocycles. The fourth-order valence-corrected chi connectivity index (χ4v) is 1.62. The molecule has 20 heavy (non-hydrogen) atoms. The van der Waals surface area contributed by atoms with E-state index >= 15 is 0 Å². The van der Waals surface area contributed by atoms with E-state index in [0.29, 0.717) is 13.2 Å². The molecule has 1 N–H and O–H groups in total. The number of ether oxygens (including phenoxy) is 2. The molecule has 0 spiro atoms. The lowest BCUT2D eigenvalue weighted by Gasteiger charge is -2.22. The van der Waals surface area contributed by atoms with Crippen molar-refractivity contribution >= 4 is 6.09 Å². The van der Waals surface area contributed by atoms with Gasteiger partial charge in [0.05, 0.1) is 13.2 Å². The Kier molecular flexibility index (Phi) is 6.25. The third kappa shape index (κ3) is 6.38.